The molecule has 6 nitrogen and oxygen atoms in total. The summed E-state index contributed by atoms with van der Waals surface area (Å²) in [5.41, 5.74) is 6.38. The Morgan fingerprint density at radius 2 is 2.11 bits per heavy atom. The van der Waals surface area contributed by atoms with E-state index in [0.29, 0.717) is 34.8 Å². The highest BCUT2D eigenvalue weighted by molar-refractivity contribution is 6.33. The summed E-state index contributed by atoms with van der Waals surface area (Å²) in [6, 6.07) is 0. The minimum atomic E-state index is 0.132. The molecule has 3 N–H and O–H groups in total. The van der Waals surface area contributed by atoms with Crippen LogP contribution in [0.4, 0.5) is 11.8 Å². The van der Waals surface area contributed by atoms with Gasteiger partial charge >= 0.3 is 0 Å². The quantitative estimate of drug-likeness (QED) is 0.787. The SMILES string of the molecule is Cc1nc(N)nc(N2C[C@H]3CC(=O)NC[C@H]3C2)c1Cl. The molecule has 1 aromatic heterocycles. The number of aromatic nitrogens is 2. The summed E-state index contributed by atoms with van der Waals surface area (Å²) in [6.07, 6.45) is 0.582. The zero-order valence-electron chi connectivity index (χ0n) is 10.7. The predicted octanol–water partition coefficient (Wildman–Crippen LogP) is 0.593. The number of hydrogen-bond acceptors (Lipinski definition) is 5. The maximum absolute atomic E-state index is 11.4. The molecule has 2 fully saturated rings. The van der Waals surface area contributed by atoms with Crippen molar-refractivity contribution in [3.05, 3.63) is 10.7 Å². The average molecular weight is 282 g/mol. The number of rotatable bonds is 1. The van der Waals surface area contributed by atoms with Crippen molar-refractivity contribution in [3.63, 3.8) is 0 Å². The molecular formula is C12H16ClN5O. The lowest BCUT2D eigenvalue weighted by Crippen LogP contribution is -2.39. The molecule has 2 aliphatic rings. The van der Waals surface area contributed by atoms with Gasteiger partial charge in [-0.1, -0.05) is 11.6 Å². The number of amides is 1. The fourth-order valence-electron chi connectivity index (χ4n) is 2.90. The predicted molar refractivity (Wildman–Crippen MR) is 73.0 cm³/mol. The van der Waals surface area contributed by atoms with Crippen molar-refractivity contribution in [2.75, 3.05) is 30.3 Å². The first-order chi connectivity index (χ1) is 9.04. The summed E-state index contributed by atoms with van der Waals surface area (Å²) in [4.78, 5) is 21.8. The summed E-state index contributed by atoms with van der Waals surface area (Å²) in [7, 11) is 0. The lowest BCUT2D eigenvalue weighted by molar-refractivity contribution is -0.124. The summed E-state index contributed by atoms with van der Waals surface area (Å²) >= 11 is 6.27. The Kier molecular flexibility index (Phi) is 2.97. The number of nitrogen functional groups attached to an aromatic ring is 1. The Morgan fingerprint density at radius 1 is 1.37 bits per heavy atom. The van der Waals surface area contributed by atoms with Crippen LogP contribution in [0.15, 0.2) is 0 Å². The molecule has 3 rings (SSSR count). The Balaban J connectivity index is 1.87. The third-order valence-electron chi connectivity index (χ3n) is 3.90. The summed E-state index contributed by atoms with van der Waals surface area (Å²) in [6.45, 7) is 4.20. The molecule has 1 amide bonds. The van der Waals surface area contributed by atoms with Gasteiger partial charge in [-0.05, 0) is 18.8 Å². The zero-order valence-corrected chi connectivity index (χ0v) is 11.4. The van der Waals surface area contributed by atoms with Crippen LogP contribution in [-0.4, -0.2) is 35.5 Å². The van der Waals surface area contributed by atoms with Crippen molar-refractivity contribution in [1.82, 2.24) is 15.3 Å². The minimum Gasteiger partial charge on any atom is -0.368 e. The average Bonchev–Trinajstić information content (AvgIpc) is 2.76. The van der Waals surface area contributed by atoms with Crippen LogP contribution >= 0.6 is 11.6 Å². The van der Waals surface area contributed by atoms with Gasteiger partial charge in [-0.2, -0.15) is 4.98 Å². The van der Waals surface area contributed by atoms with E-state index in [4.69, 9.17) is 17.3 Å². The second-order valence-corrected chi connectivity index (χ2v) is 5.62. The fourth-order valence-corrected chi connectivity index (χ4v) is 3.11. The van der Waals surface area contributed by atoms with Gasteiger partial charge in [0.25, 0.3) is 0 Å². The highest BCUT2D eigenvalue weighted by Crippen LogP contribution is 2.35. The summed E-state index contributed by atoms with van der Waals surface area (Å²) in [5, 5.41) is 3.46. The van der Waals surface area contributed by atoms with Gasteiger partial charge in [0.15, 0.2) is 5.82 Å². The van der Waals surface area contributed by atoms with Crippen LogP contribution in [-0.2, 0) is 4.79 Å². The van der Waals surface area contributed by atoms with Gasteiger partial charge in [-0.25, -0.2) is 4.98 Å². The van der Waals surface area contributed by atoms with Crippen molar-refractivity contribution in [2.24, 2.45) is 11.8 Å². The van der Waals surface area contributed by atoms with Crippen LogP contribution in [0.5, 0.6) is 0 Å². The number of hydrogen-bond donors (Lipinski definition) is 2. The molecule has 0 bridgehead atoms. The van der Waals surface area contributed by atoms with Crippen LogP contribution < -0.4 is 16.0 Å². The molecule has 0 spiro atoms. The summed E-state index contributed by atoms with van der Waals surface area (Å²) in [5.74, 6) is 1.90. The third-order valence-corrected chi connectivity index (χ3v) is 4.34. The van der Waals surface area contributed by atoms with E-state index in [2.05, 4.69) is 20.2 Å². The molecule has 7 heteroatoms. The first-order valence-electron chi connectivity index (χ1n) is 6.36. The molecule has 1 aromatic rings. The van der Waals surface area contributed by atoms with E-state index < -0.39 is 0 Å². The highest BCUT2D eigenvalue weighted by atomic mass is 35.5. The fraction of sp³-hybridized carbons (Fsp3) is 0.583. The number of carbonyl (C=O) groups excluding carboxylic acids is 1. The van der Waals surface area contributed by atoms with E-state index in [1.165, 1.54) is 0 Å². The van der Waals surface area contributed by atoms with Gasteiger partial charge in [0.05, 0.1) is 5.69 Å². The van der Waals surface area contributed by atoms with Gasteiger partial charge in [-0.3, -0.25) is 4.79 Å². The van der Waals surface area contributed by atoms with Crippen LogP contribution in [0.1, 0.15) is 12.1 Å². The number of piperidine rings is 1. The largest absolute Gasteiger partial charge is 0.368 e. The lowest BCUT2D eigenvalue weighted by atomic mass is 9.89. The molecule has 3 heterocycles. The molecule has 2 aliphatic heterocycles. The smallest absolute Gasteiger partial charge is 0.222 e. The van der Waals surface area contributed by atoms with Crippen LogP contribution in [0.3, 0.4) is 0 Å². The monoisotopic (exact) mass is 281 g/mol. The molecular weight excluding hydrogens is 266 g/mol. The number of aryl methyl sites for hydroxylation is 1. The Bertz CT molecular complexity index is 535. The number of fused-ring (bicyclic) bond motifs is 1. The number of halogens is 1. The van der Waals surface area contributed by atoms with Crippen molar-refractivity contribution in [1.29, 1.82) is 0 Å². The third kappa shape index (κ3) is 2.20. The van der Waals surface area contributed by atoms with E-state index in [0.717, 1.165) is 19.6 Å². The van der Waals surface area contributed by atoms with E-state index in [-0.39, 0.29) is 11.9 Å². The van der Waals surface area contributed by atoms with Crippen LogP contribution in [0.25, 0.3) is 0 Å². The van der Waals surface area contributed by atoms with Crippen molar-refractivity contribution in [3.8, 4) is 0 Å². The Labute approximate surface area is 116 Å². The van der Waals surface area contributed by atoms with Crippen molar-refractivity contribution >= 4 is 29.3 Å². The normalized spacial score (nSPS) is 26.2. The van der Waals surface area contributed by atoms with E-state index in [1.54, 1.807) is 0 Å². The molecule has 0 unspecified atom stereocenters. The maximum Gasteiger partial charge on any atom is 0.222 e. The van der Waals surface area contributed by atoms with E-state index in [9.17, 15) is 4.79 Å². The topological polar surface area (TPSA) is 84.1 Å². The van der Waals surface area contributed by atoms with E-state index >= 15 is 0 Å². The van der Waals surface area contributed by atoms with E-state index in [1.807, 2.05) is 6.92 Å². The number of nitrogens with two attached hydrogens (primary N) is 1. The Morgan fingerprint density at radius 3 is 2.89 bits per heavy atom. The van der Waals surface area contributed by atoms with Crippen molar-refractivity contribution in [2.45, 2.75) is 13.3 Å². The number of nitrogens with zero attached hydrogens (tertiary/aromatic N) is 3. The lowest BCUT2D eigenvalue weighted by Gasteiger charge is -2.23. The zero-order chi connectivity index (χ0) is 13.6. The van der Waals surface area contributed by atoms with Gasteiger partial charge < -0.3 is 16.0 Å². The van der Waals surface area contributed by atoms with Crippen LogP contribution in [0, 0.1) is 18.8 Å². The molecule has 0 radical (unpaired) electrons. The Hall–Kier alpha value is -1.56. The summed E-state index contributed by atoms with van der Waals surface area (Å²) < 4.78 is 0. The second-order valence-electron chi connectivity index (χ2n) is 5.24. The molecule has 0 aliphatic carbocycles. The standard InChI is InChI=1S/C12H16ClN5O/c1-6-10(13)11(17-12(14)16-6)18-4-7-2-9(19)15-3-8(7)5-18/h7-8H,2-5H2,1H3,(H,15,19)(H2,14,16,17)/t7-,8+/m1/s1. The molecule has 0 aromatic carbocycles. The minimum absolute atomic E-state index is 0.132. The number of anilines is 2. The molecule has 2 saturated heterocycles. The number of carbonyl (C=O) groups is 1. The molecule has 0 saturated carbocycles. The second kappa shape index (κ2) is 4.52. The van der Waals surface area contributed by atoms with Gasteiger partial charge in [0.2, 0.25) is 11.9 Å². The first kappa shape index (κ1) is 12.5. The van der Waals surface area contributed by atoms with Crippen LogP contribution in [0.2, 0.25) is 5.02 Å². The van der Waals surface area contributed by atoms with Crippen molar-refractivity contribution < 1.29 is 4.79 Å². The molecule has 19 heavy (non-hydrogen) atoms. The van der Waals surface area contributed by atoms with Gasteiger partial charge in [0, 0.05) is 26.1 Å². The highest BCUT2D eigenvalue weighted by Gasteiger charge is 2.38. The molecule has 102 valence electrons. The maximum atomic E-state index is 11.4. The number of nitrogens with one attached hydrogen (secondary N) is 1. The van der Waals surface area contributed by atoms with Gasteiger partial charge in [-0.15, -0.1) is 0 Å². The first-order valence-corrected chi connectivity index (χ1v) is 6.73. The molecule has 2 atom stereocenters. The van der Waals surface area contributed by atoms with Gasteiger partial charge in [0.1, 0.15) is 5.02 Å².